The lowest BCUT2D eigenvalue weighted by Gasteiger charge is -2.30. The van der Waals surface area contributed by atoms with E-state index in [1.165, 1.54) is 31.0 Å². The van der Waals surface area contributed by atoms with Crippen LogP contribution in [0.15, 0.2) is 29.4 Å². The molecular weight excluding hydrogens is 272 g/mol. The molecule has 20 heavy (non-hydrogen) atoms. The molecule has 4 unspecified atom stereocenters. The van der Waals surface area contributed by atoms with Gasteiger partial charge in [0.2, 0.25) is 5.91 Å². The molecule has 0 aromatic carbocycles. The summed E-state index contributed by atoms with van der Waals surface area (Å²) < 4.78 is 0. The third kappa shape index (κ3) is 2.83. The van der Waals surface area contributed by atoms with Gasteiger partial charge in [-0.05, 0) is 43.2 Å². The molecule has 1 amide bonds. The summed E-state index contributed by atoms with van der Waals surface area (Å²) >= 11 is 1.53. The van der Waals surface area contributed by atoms with Crippen LogP contribution in [0.2, 0.25) is 0 Å². The van der Waals surface area contributed by atoms with Crippen molar-refractivity contribution in [2.24, 2.45) is 17.8 Å². The Bertz CT molecular complexity index is 468. The highest BCUT2D eigenvalue weighted by molar-refractivity contribution is 8.00. The topological polar surface area (TPSA) is 62.2 Å². The van der Waals surface area contributed by atoms with Crippen molar-refractivity contribution in [2.75, 3.05) is 12.4 Å². The van der Waals surface area contributed by atoms with Crippen LogP contribution in [0.4, 0.5) is 0 Å². The van der Waals surface area contributed by atoms with Gasteiger partial charge in [0.15, 0.2) is 0 Å². The number of hydrogen-bond donors (Lipinski definition) is 2. The van der Waals surface area contributed by atoms with Crippen LogP contribution in [0.3, 0.4) is 0 Å². The van der Waals surface area contributed by atoms with E-state index in [1.807, 2.05) is 12.1 Å². The third-order valence-electron chi connectivity index (χ3n) is 4.65. The molecule has 5 heteroatoms. The number of pyridine rings is 1. The number of aromatic nitrogens is 1. The van der Waals surface area contributed by atoms with Gasteiger partial charge in [-0.1, -0.05) is 0 Å². The molecular formula is C15H20N2O2S. The zero-order valence-electron chi connectivity index (χ0n) is 11.4. The first-order valence-electron chi connectivity index (χ1n) is 7.21. The van der Waals surface area contributed by atoms with Crippen molar-refractivity contribution in [2.45, 2.75) is 30.2 Å². The van der Waals surface area contributed by atoms with Crippen molar-refractivity contribution >= 4 is 17.7 Å². The Morgan fingerprint density at radius 1 is 1.35 bits per heavy atom. The molecule has 1 aromatic heterocycles. The van der Waals surface area contributed by atoms with Gasteiger partial charge in [0.05, 0.1) is 5.75 Å². The molecule has 2 fully saturated rings. The number of nitrogens with zero attached hydrogens (tertiary/aromatic N) is 1. The number of aliphatic hydroxyl groups is 1. The first-order valence-corrected chi connectivity index (χ1v) is 8.19. The highest BCUT2D eigenvalue weighted by Crippen LogP contribution is 2.48. The Kier molecular flexibility index (Phi) is 4.27. The molecule has 2 aliphatic carbocycles. The van der Waals surface area contributed by atoms with Crippen molar-refractivity contribution in [3.05, 3.63) is 24.5 Å². The molecule has 1 heterocycles. The van der Waals surface area contributed by atoms with Crippen LogP contribution < -0.4 is 5.32 Å². The van der Waals surface area contributed by atoms with E-state index in [-0.39, 0.29) is 24.5 Å². The second-order valence-corrected chi connectivity index (χ2v) is 6.79. The van der Waals surface area contributed by atoms with Gasteiger partial charge >= 0.3 is 0 Å². The van der Waals surface area contributed by atoms with E-state index >= 15 is 0 Å². The molecule has 4 atom stereocenters. The molecule has 4 nitrogen and oxygen atoms in total. The number of thioether (sulfide) groups is 1. The molecule has 0 aliphatic heterocycles. The summed E-state index contributed by atoms with van der Waals surface area (Å²) in [6, 6.07) is 4.00. The van der Waals surface area contributed by atoms with Crippen molar-refractivity contribution in [3.63, 3.8) is 0 Å². The number of nitrogens with one attached hydrogen (secondary N) is 1. The fourth-order valence-electron chi connectivity index (χ4n) is 3.71. The molecule has 0 saturated heterocycles. The maximum absolute atomic E-state index is 12.1. The normalized spacial score (nSPS) is 31.4. The van der Waals surface area contributed by atoms with Gasteiger partial charge in [0.1, 0.15) is 0 Å². The molecule has 2 saturated carbocycles. The number of amides is 1. The molecule has 0 radical (unpaired) electrons. The Hall–Kier alpha value is -1.07. The van der Waals surface area contributed by atoms with Crippen LogP contribution in [0.1, 0.15) is 19.3 Å². The molecule has 1 aromatic rings. The number of hydrogen-bond acceptors (Lipinski definition) is 4. The first-order chi connectivity index (χ1) is 9.78. The Balaban J connectivity index is 1.51. The number of aliphatic hydroxyl groups excluding tert-OH is 1. The zero-order valence-corrected chi connectivity index (χ0v) is 12.2. The fraction of sp³-hybridized carbons (Fsp3) is 0.600. The molecule has 2 N–H and O–H groups in total. The van der Waals surface area contributed by atoms with Crippen molar-refractivity contribution in [3.8, 4) is 0 Å². The molecule has 0 spiro atoms. The van der Waals surface area contributed by atoms with E-state index in [0.717, 1.165) is 4.90 Å². The van der Waals surface area contributed by atoms with Gasteiger partial charge in [-0.15, -0.1) is 11.8 Å². The lowest BCUT2D eigenvalue weighted by atomic mass is 9.85. The Labute approximate surface area is 123 Å². The summed E-state index contributed by atoms with van der Waals surface area (Å²) in [4.78, 5) is 17.1. The summed E-state index contributed by atoms with van der Waals surface area (Å²) in [5.41, 5.74) is 0. The van der Waals surface area contributed by atoms with Crippen LogP contribution in [0, 0.1) is 17.8 Å². The van der Waals surface area contributed by atoms with Crippen LogP contribution in [-0.4, -0.2) is 34.4 Å². The molecule has 108 valence electrons. The minimum atomic E-state index is 0.0720. The second kappa shape index (κ2) is 6.14. The predicted molar refractivity (Wildman–Crippen MR) is 78.3 cm³/mol. The molecule has 2 bridgehead atoms. The van der Waals surface area contributed by atoms with Crippen LogP contribution in [0.25, 0.3) is 0 Å². The average molecular weight is 292 g/mol. The monoisotopic (exact) mass is 292 g/mol. The smallest absolute Gasteiger partial charge is 0.230 e. The van der Waals surface area contributed by atoms with Crippen LogP contribution >= 0.6 is 11.8 Å². The highest BCUT2D eigenvalue weighted by atomic mass is 32.2. The van der Waals surface area contributed by atoms with Gasteiger partial charge in [0.25, 0.3) is 0 Å². The molecule has 2 aliphatic rings. The summed E-state index contributed by atoms with van der Waals surface area (Å²) in [7, 11) is 0. The summed E-state index contributed by atoms with van der Waals surface area (Å²) in [6.07, 6.45) is 7.06. The Morgan fingerprint density at radius 3 is 2.85 bits per heavy atom. The van der Waals surface area contributed by atoms with Gasteiger partial charge in [-0.3, -0.25) is 9.78 Å². The van der Waals surface area contributed by atoms with E-state index in [0.29, 0.717) is 17.6 Å². The first kappa shape index (κ1) is 13.9. The summed E-state index contributed by atoms with van der Waals surface area (Å²) in [6.45, 7) is 0.198. The number of fused-ring (bicyclic) bond motifs is 2. The van der Waals surface area contributed by atoms with Gasteiger partial charge in [-0.25, -0.2) is 0 Å². The van der Waals surface area contributed by atoms with Crippen molar-refractivity contribution < 1.29 is 9.90 Å². The van der Waals surface area contributed by atoms with E-state index in [4.69, 9.17) is 0 Å². The zero-order chi connectivity index (χ0) is 13.9. The van der Waals surface area contributed by atoms with Gasteiger partial charge in [0, 0.05) is 35.9 Å². The van der Waals surface area contributed by atoms with Gasteiger partial charge < -0.3 is 10.4 Å². The number of rotatable bonds is 5. The maximum Gasteiger partial charge on any atom is 0.230 e. The van der Waals surface area contributed by atoms with Crippen molar-refractivity contribution in [1.82, 2.24) is 10.3 Å². The summed E-state index contributed by atoms with van der Waals surface area (Å²) in [5.74, 6) is 1.96. The largest absolute Gasteiger partial charge is 0.396 e. The van der Waals surface area contributed by atoms with E-state index in [9.17, 15) is 9.90 Å². The maximum atomic E-state index is 12.1. The SMILES string of the molecule is O=C(CSc1ccncc1)NC1C2CCC(C2)C1CO. The van der Waals surface area contributed by atoms with E-state index < -0.39 is 0 Å². The minimum Gasteiger partial charge on any atom is -0.396 e. The minimum absolute atomic E-state index is 0.0720. The van der Waals surface area contributed by atoms with E-state index in [1.54, 1.807) is 12.4 Å². The number of carbonyl (C=O) groups is 1. The molecule has 3 rings (SSSR count). The lowest BCUT2D eigenvalue weighted by Crippen LogP contribution is -2.45. The van der Waals surface area contributed by atoms with Gasteiger partial charge in [-0.2, -0.15) is 0 Å². The number of carbonyl (C=O) groups excluding carboxylic acids is 1. The third-order valence-corrected chi connectivity index (χ3v) is 5.66. The average Bonchev–Trinajstić information content (AvgIpc) is 3.07. The standard InChI is InChI=1S/C15H20N2O2S/c18-8-13-10-1-2-11(7-10)15(13)17-14(19)9-20-12-3-5-16-6-4-12/h3-6,10-11,13,15,18H,1-2,7-9H2,(H,17,19). The highest BCUT2D eigenvalue weighted by Gasteiger charge is 2.47. The van der Waals surface area contributed by atoms with E-state index in [2.05, 4.69) is 10.3 Å². The fourth-order valence-corrected chi connectivity index (χ4v) is 4.40. The van der Waals surface area contributed by atoms with Crippen LogP contribution in [-0.2, 0) is 4.79 Å². The predicted octanol–water partition coefficient (Wildman–Crippen LogP) is 1.70. The summed E-state index contributed by atoms with van der Waals surface area (Å²) in [5, 5.41) is 12.7. The quantitative estimate of drug-likeness (QED) is 0.811. The van der Waals surface area contributed by atoms with Crippen molar-refractivity contribution in [1.29, 1.82) is 0 Å². The second-order valence-electron chi connectivity index (χ2n) is 5.74. The van der Waals surface area contributed by atoms with Crippen LogP contribution in [0.5, 0.6) is 0 Å². The lowest BCUT2D eigenvalue weighted by molar-refractivity contribution is -0.120. The Morgan fingerprint density at radius 2 is 2.10 bits per heavy atom.